The van der Waals surface area contributed by atoms with Gasteiger partial charge in [-0.05, 0) is 12.3 Å². The Hall–Kier alpha value is -1.92. The number of nitro groups is 1. The fourth-order valence-electron chi connectivity index (χ4n) is 1.26. The summed E-state index contributed by atoms with van der Waals surface area (Å²) < 4.78 is 0. The highest BCUT2D eigenvalue weighted by Crippen LogP contribution is 2.31. The Kier molecular flexibility index (Phi) is 4.05. The second-order valence-corrected chi connectivity index (χ2v) is 5.16. The molecule has 0 fully saturated rings. The standard InChI is InChI=1S/C11H19N5O2/c1-7(11(2,3)4)15-10-8(16(17)18)9(12-5)13-6-14-10/h6-7H,1-5H3,(H2,12,13,14,15). The first-order valence-corrected chi connectivity index (χ1v) is 5.71. The van der Waals surface area contributed by atoms with Gasteiger partial charge in [0.2, 0.25) is 11.6 Å². The van der Waals surface area contributed by atoms with Crippen molar-refractivity contribution in [3.05, 3.63) is 16.4 Å². The number of anilines is 2. The lowest BCUT2D eigenvalue weighted by molar-refractivity contribution is -0.383. The summed E-state index contributed by atoms with van der Waals surface area (Å²) in [4.78, 5) is 18.4. The molecule has 0 radical (unpaired) electrons. The molecule has 0 aliphatic carbocycles. The second-order valence-electron chi connectivity index (χ2n) is 5.16. The smallest absolute Gasteiger partial charge is 0.353 e. The van der Waals surface area contributed by atoms with Gasteiger partial charge in [0.1, 0.15) is 6.33 Å². The van der Waals surface area contributed by atoms with E-state index >= 15 is 0 Å². The van der Waals surface area contributed by atoms with Crippen molar-refractivity contribution >= 4 is 17.3 Å². The van der Waals surface area contributed by atoms with Gasteiger partial charge < -0.3 is 10.6 Å². The molecule has 1 aromatic rings. The predicted octanol–water partition coefficient (Wildman–Crippen LogP) is 2.27. The van der Waals surface area contributed by atoms with Crippen LogP contribution in [-0.4, -0.2) is 28.0 Å². The van der Waals surface area contributed by atoms with Gasteiger partial charge in [0.05, 0.1) is 4.92 Å². The van der Waals surface area contributed by atoms with Crippen molar-refractivity contribution in [2.75, 3.05) is 17.7 Å². The molecule has 0 aliphatic rings. The van der Waals surface area contributed by atoms with Gasteiger partial charge in [-0.3, -0.25) is 10.1 Å². The Morgan fingerprint density at radius 1 is 1.33 bits per heavy atom. The average Bonchev–Trinajstić information content (AvgIpc) is 2.26. The largest absolute Gasteiger partial charge is 0.367 e. The van der Waals surface area contributed by atoms with Crippen molar-refractivity contribution in [1.29, 1.82) is 0 Å². The molecule has 7 heteroatoms. The molecule has 1 aromatic heterocycles. The van der Waals surface area contributed by atoms with Crippen LogP contribution in [0.5, 0.6) is 0 Å². The number of hydrogen-bond donors (Lipinski definition) is 2. The van der Waals surface area contributed by atoms with Gasteiger partial charge in [-0.2, -0.15) is 0 Å². The molecule has 1 atom stereocenters. The van der Waals surface area contributed by atoms with Crippen LogP contribution in [-0.2, 0) is 0 Å². The van der Waals surface area contributed by atoms with Crippen LogP contribution >= 0.6 is 0 Å². The van der Waals surface area contributed by atoms with Gasteiger partial charge in [-0.25, -0.2) is 9.97 Å². The summed E-state index contributed by atoms with van der Waals surface area (Å²) in [5, 5.41) is 16.8. The van der Waals surface area contributed by atoms with E-state index < -0.39 is 4.92 Å². The lowest BCUT2D eigenvalue weighted by atomic mass is 9.88. The second kappa shape index (κ2) is 5.16. The van der Waals surface area contributed by atoms with E-state index in [1.165, 1.54) is 6.33 Å². The zero-order valence-corrected chi connectivity index (χ0v) is 11.3. The van der Waals surface area contributed by atoms with Gasteiger partial charge in [-0.15, -0.1) is 0 Å². The first kappa shape index (κ1) is 14.1. The Labute approximate surface area is 106 Å². The lowest BCUT2D eigenvalue weighted by Gasteiger charge is -2.28. The maximum atomic E-state index is 11.1. The normalized spacial score (nSPS) is 12.9. The molecular formula is C11H19N5O2. The maximum Gasteiger partial charge on any atom is 0.353 e. The van der Waals surface area contributed by atoms with Crippen LogP contribution in [0.4, 0.5) is 17.3 Å². The average molecular weight is 253 g/mol. The topological polar surface area (TPSA) is 93.0 Å². The van der Waals surface area contributed by atoms with Crippen LogP contribution in [0.15, 0.2) is 6.33 Å². The lowest BCUT2D eigenvalue weighted by Crippen LogP contribution is -2.31. The minimum atomic E-state index is -0.483. The van der Waals surface area contributed by atoms with Crippen molar-refractivity contribution in [3.8, 4) is 0 Å². The molecule has 1 unspecified atom stereocenters. The van der Waals surface area contributed by atoms with Crippen LogP contribution < -0.4 is 10.6 Å². The fraction of sp³-hybridized carbons (Fsp3) is 0.636. The number of hydrogen-bond acceptors (Lipinski definition) is 6. The van der Waals surface area contributed by atoms with Crippen molar-refractivity contribution < 1.29 is 4.92 Å². The van der Waals surface area contributed by atoms with Crippen LogP contribution in [0.1, 0.15) is 27.7 Å². The molecule has 0 spiro atoms. The Balaban J connectivity index is 3.13. The van der Waals surface area contributed by atoms with E-state index in [9.17, 15) is 10.1 Å². The molecular weight excluding hydrogens is 234 g/mol. The van der Waals surface area contributed by atoms with Gasteiger partial charge >= 0.3 is 5.69 Å². The van der Waals surface area contributed by atoms with Gasteiger partial charge in [0, 0.05) is 13.1 Å². The van der Waals surface area contributed by atoms with E-state index in [4.69, 9.17) is 0 Å². The minimum Gasteiger partial charge on any atom is -0.367 e. The highest BCUT2D eigenvalue weighted by Gasteiger charge is 2.26. The molecule has 7 nitrogen and oxygen atoms in total. The summed E-state index contributed by atoms with van der Waals surface area (Å²) in [5.74, 6) is 0.445. The van der Waals surface area contributed by atoms with Crippen LogP contribution in [0.25, 0.3) is 0 Å². The molecule has 100 valence electrons. The van der Waals surface area contributed by atoms with Gasteiger partial charge in [0.25, 0.3) is 0 Å². The van der Waals surface area contributed by atoms with E-state index in [-0.39, 0.29) is 28.8 Å². The van der Waals surface area contributed by atoms with E-state index in [1.807, 2.05) is 6.92 Å². The third-order valence-corrected chi connectivity index (χ3v) is 2.89. The van der Waals surface area contributed by atoms with Crippen molar-refractivity contribution in [2.45, 2.75) is 33.7 Å². The number of nitrogens with one attached hydrogen (secondary N) is 2. The van der Waals surface area contributed by atoms with Crippen LogP contribution in [0.3, 0.4) is 0 Å². The van der Waals surface area contributed by atoms with E-state index in [0.717, 1.165) is 0 Å². The molecule has 1 heterocycles. The molecule has 0 aliphatic heterocycles. The highest BCUT2D eigenvalue weighted by molar-refractivity contribution is 5.69. The SMILES string of the molecule is CNc1ncnc(NC(C)C(C)(C)C)c1[N+](=O)[O-]. The van der Waals surface area contributed by atoms with Crippen LogP contribution in [0, 0.1) is 15.5 Å². The van der Waals surface area contributed by atoms with E-state index in [1.54, 1.807) is 7.05 Å². The van der Waals surface area contributed by atoms with Crippen molar-refractivity contribution in [3.63, 3.8) is 0 Å². The maximum absolute atomic E-state index is 11.1. The summed E-state index contributed by atoms with van der Waals surface area (Å²) >= 11 is 0. The summed E-state index contributed by atoms with van der Waals surface area (Å²) in [7, 11) is 1.59. The molecule has 0 saturated carbocycles. The summed E-state index contributed by atoms with van der Waals surface area (Å²) in [6.45, 7) is 8.12. The van der Waals surface area contributed by atoms with Crippen molar-refractivity contribution in [2.24, 2.45) is 5.41 Å². The molecule has 0 saturated heterocycles. The van der Waals surface area contributed by atoms with E-state index in [0.29, 0.717) is 0 Å². The summed E-state index contributed by atoms with van der Waals surface area (Å²) in [5.41, 5.74) is -0.158. The predicted molar refractivity (Wildman–Crippen MR) is 70.8 cm³/mol. The van der Waals surface area contributed by atoms with Gasteiger partial charge in [0.15, 0.2) is 0 Å². The molecule has 0 aromatic carbocycles. The Morgan fingerprint density at radius 3 is 2.33 bits per heavy atom. The number of rotatable bonds is 4. The zero-order chi connectivity index (χ0) is 13.9. The fourth-order valence-corrected chi connectivity index (χ4v) is 1.26. The van der Waals surface area contributed by atoms with Crippen LogP contribution in [0.2, 0.25) is 0 Å². The molecule has 0 amide bonds. The first-order valence-electron chi connectivity index (χ1n) is 5.71. The Bertz CT molecular complexity index is 442. The zero-order valence-electron chi connectivity index (χ0n) is 11.3. The van der Waals surface area contributed by atoms with E-state index in [2.05, 4.69) is 41.4 Å². The molecule has 2 N–H and O–H groups in total. The monoisotopic (exact) mass is 253 g/mol. The third kappa shape index (κ3) is 3.06. The molecule has 18 heavy (non-hydrogen) atoms. The third-order valence-electron chi connectivity index (χ3n) is 2.89. The highest BCUT2D eigenvalue weighted by atomic mass is 16.6. The number of nitrogens with zero attached hydrogens (tertiary/aromatic N) is 3. The summed E-state index contributed by atoms with van der Waals surface area (Å²) in [6, 6.07) is 0.0378. The first-order chi connectivity index (χ1) is 8.27. The van der Waals surface area contributed by atoms with Crippen molar-refractivity contribution in [1.82, 2.24) is 9.97 Å². The minimum absolute atomic E-state index is 0.0291. The summed E-state index contributed by atoms with van der Waals surface area (Å²) in [6.07, 6.45) is 1.30. The quantitative estimate of drug-likeness (QED) is 0.631. The molecule has 1 rings (SSSR count). The Morgan fingerprint density at radius 2 is 1.89 bits per heavy atom. The van der Waals surface area contributed by atoms with Gasteiger partial charge in [-0.1, -0.05) is 20.8 Å². The molecule has 0 bridgehead atoms. The number of aromatic nitrogens is 2.